The van der Waals surface area contributed by atoms with Gasteiger partial charge in [-0.15, -0.1) is 11.3 Å². The van der Waals surface area contributed by atoms with E-state index in [1.54, 1.807) is 0 Å². The van der Waals surface area contributed by atoms with Crippen LogP contribution in [0.15, 0.2) is 89.9 Å². The van der Waals surface area contributed by atoms with E-state index in [-0.39, 0.29) is 33.8 Å². The first-order valence-electron chi connectivity index (χ1n) is 26.5. The molecule has 0 saturated carbocycles. The number of rotatable bonds is 6. The second-order valence-electron chi connectivity index (χ2n) is 25.5. The van der Waals surface area contributed by atoms with Gasteiger partial charge in [0.2, 0.25) is 0 Å². The molecule has 3 nitrogen and oxygen atoms in total. The zero-order valence-corrected chi connectivity index (χ0v) is 45.8. The highest BCUT2D eigenvalue weighted by atomic mass is 32.1. The summed E-state index contributed by atoms with van der Waals surface area (Å²) in [7, 11) is 0. The van der Waals surface area contributed by atoms with E-state index in [9.17, 15) is 0 Å². The van der Waals surface area contributed by atoms with Crippen LogP contribution >= 0.6 is 11.3 Å². The summed E-state index contributed by atoms with van der Waals surface area (Å²) in [6.45, 7) is 45.2. The fourth-order valence-electron chi connectivity index (χ4n) is 13.4. The molecule has 7 aromatic rings. The van der Waals surface area contributed by atoms with Crippen LogP contribution in [0.2, 0.25) is 0 Å². The van der Waals surface area contributed by atoms with Crippen LogP contribution in [-0.2, 0) is 33.5 Å². The fourth-order valence-corrected chi connectivity index (χ4v) is 14.7. The van der Waals surface area contributed by atoms with Crippen LogP contribution in [0.1, 0.15) is 179 Å². The smallest absolute Gasteiger partial charge is 0.264 e. The van der Waals surface area contributed by atoms with Gasteiger partial charge in [-0.1, -0.05) is 140 Å². The lowest BCUT2D eigenvalue weighted by molar-refractivity contribution is 0.332. The fraction of sp³-hybridized carbons (Fsp3) is 0.415. The van der Waals surface area contributed by atoms with Crippen molar-refractivity contribution in [1.82, 2.24) is 0 Å². The molecule has 11 rings (SSSR count). The molecule has 360 valence electrons. The normalized spacial score (nSPS) is 19.0. The van der Waals surface area contributed by atoms with Crippen LogP contribution in [0.4, 0.5) is 28.4 Å². The van der Waals surface area contributed by atoms with Crippen LogP contribution in [0.3, 0.4) is 0 Å². The van der Waals surface area contributed by atoms with Gasteiger partial charge in [0.1, 0.15) is 11.0 Å². The molecule has 0 saturated heterocycles. The van der Waals surface area contributed by atoms with Gasteiger partial charge in [0.15, 0.2) is 0 Å². The van der Waals surface area contributed by atoms with Crippen LogP contribution in [-0.4, -0.2) is 6.71 Å². The quantitative estimate of drug-likeness (QED) is 0.155. The monoisotopic (exact) mass is 943 g/mol. The summed E-state index contributed by atoms with van der Waals surface area (Å²) in [5.41, 5.74) is 23.1. The van der Waals surface area contributed by atoms with Crippen molar-refractivity contribution in [3.05, 3.63) is 141 Å². The van der Waals surface area contributed by atoms with E-state index in [4.69, 9.17) is 4.42 Å². The number of fused-ring (bicyclic) bond motifs is 9. The van der Waals surface area contributed by atoms with Crippen LogP contribution < -0.4 is 36.1 Å². The number of hydrogen-bond donors (Lipinski definition) is 0. The molecule has 2 aromatic heterocycles. The zero-order valence-electron chi connectivity index (χ0n) is 45.0. The highest BCUT2D eigenvalue weighted by Crippen LogP contribution is 2.54. The van der Waals surface area contributed by atoms with E-state index in [0.29, 0.717) is 11.3 Å². The average Bonchev–Trinajstić information content (AvgIpc) is 3.85. The number of benzene rings is 5. The average molecular weight is 943 g/mol. The van der Waals surface area contributed by atoms with E-state index >= 15 is 0 Å². The molecular weight excluding hydrogens is 868 g/mol. The Kier molecular flexibility index (Phi) is 10.5. The van der Waals surface area contributed by atoms with Crippen molar-refractivity contribution in [2.45, 2.75) is 175 Å². The Morgan fingerprint density at radius 2 is 1.40 bits per heavy atom. The minimum atomic E-state index is -0.115. The lowest BCUT2D eigenvalue weighted by Crippen LogP contribution is -2.61. The van der Waals surface area contributed by atoms with Crippen molar-refractivity contribution >= 4 is 95.5 Å². The largest absolute Gasteiger partial charge is 0.456 e. The molecule has 0 fully saturated rings. The maximum Gasteiger partial charge on any atom is 0.264 e. The number of furan rings is 1. The van der Waals surface area contributed by atoms with Crippen molar-refractivity contribution in [3.8, 4) is 0 Å². The van der Waals surface area contributed by atoms with Gasteiger partial charge in [0.05, 0.1) is 16.6 Å². The lowest BCUT2D eigenvalue weighted by atomic mass is 9.36. The summed E-state index contributed by atoms with van der Waals surface area (Å²) in [5, 5.41) is 3.46. The van der Waals surface area contributed by atoms with Crippen molar-refractivity contribution in [2.24, 2.45) is 0 Å². The number of thiophene rings is 1. The molecule has 70 heavy (non-hydrogen) atoms. The first-order valence-corrected chi connectivity index (χ1v) is 27.3. The molecule has 1 unspecified atom stereocenters. The highest BCUT2D eigenvalue weighted by Gasteiger charge is 2.48. The molecule has 0 spiro atoms. The third kappa shape index (κ3) is 6.79. The van der Waals surface area contributed by atoms with Crippen LogP contribution in [0.5, 0.6) is 0 Å². The third-order valence-corrected chi connectivity index (χ3v) is 19.2. The molecule has 2 aliphatic carbocycles. The molecule has 5 aromatic carbocycles. The maximum absolute atomic E-state index is 6.81. The van der Waals surface area contributed by atoms with E-state index in [0.717, 1.165) is 34.7 Å². The van der Waals surface area contributed by atoms with E-state index in [1.165, 1.54) is 124 Å². The Labute approximate surface area is 423 Å². The zero-order chi connectivity index (χ0) is 49.9. The number of anilines is 5. The molecule has 2 aliphatic heterocycles. The van der Waals surface area contributed by atoms with E-state index in [2.05, 4.69) is 206 Å². The Hall–Kier alpha value is -5.26. The summed E-state index contributed by atoms with van der Waals surface area (Å²) >= 11 is 2.05. The minimum absolute atomic E-state index is 0.0131. The Bertz CT molecular complexity index is 3490. The number of aryl methyl sites for hydroxylation is 2. The maximum atomic E-state index is 6.81. The number of para-hydroxylation sites is 1. The molecule has 1 atom stereocenters. The summed E-state index contributed by atoms with van der Waals surface area (Å²) in [5.74, 6) is 0.414. The van der Waals surface area contributed by atoms with Crippen molar-refractivity contribution in [1.29, 1.82) is 0 Å². The molecule has 4 heterocycles. The Morgan fingerprint density at radius 1 is 0.771 bits per heavy atom. The molecule has 0 radical (unpaired) electrons. The lowest BCUT2D eigenvalue weighted by Gasteiger charge is -2.45. The second-order valence-corrected chi connectivity index (χ2v) is 26.6. The molecule has 0 N–H and O–H groups in total. The van der Waals surface area contributed by atoms with E-state index < -0.39 is 0 Å². The molecule has 0 bridgehead atoms. The van der Waals surface area contributed by atoms with Crippen molar-refractivity contribution in [3.63, 3.8) is 0 Å². The van der Waals surface area contributed by atoms with Gasteiger partial charge >= 0.3 is 0 Å². The molecule has 4 aliphatic rings. The topological polar surface area (TPSA) is 19.6 Å². The summed E-state index contributed by atoms with van der Waals surface area (Å²) in [6, 6.07) is 29.6. The van der Waals surface area contributed by atoms with Gasteiger partial charge in [-0.25, -0.2) is 0 Å². The predicted octanol–water partition coefficient (Wildman–Crippen LogP) is 15.2. The van der Waals surface area contributed by atoms with Crippen LogP contribution in [0.25, 0.3) is 33.3 Å². The van der Waals surface area contributed by atoms with Gasteiger partial charge in [-0.3, -0.25) is 0 Å². The molecule has 0 amide bonds. The summed E-state index contributed by atoms with van der Waals surface area (Å²) in [4.78, 5) is 5.27. The second kappa shape index (κ2) is 15.6. The Morgan fingerprint density at radius 3 is 2.03 bits per heavy atom. The van der Waals surface area contributed by atoms with Crippen molar-refractivity contribution in [2.75, 3.05) is 9.80 Å². The predicted molar refractivity (Wildman–Crippen MR) is 306 cm³/mol. The van der Waals surface area contributed by atoms with E-state index in [1.807, 2.05) is 11.3 Å². The van der Waals surface area contributed by atoms with Gasteiger partial charge in [-0.2, -0.15) is 0 Å². The van der Waals surface area contributed by atoms with Crippen LogP contribution in [0, 0.1) is 6.92 Å². The number of hydrogen-bond acceptors (Lipinski definition) is 4. The van der Waals surface area contributed by atoms with Crippen molar-refractivity contribution < 1.29 is 4.42 Å². The van der Waals surface area contributed by atoms with Gasteiger partial charge < -0.3 is 14.2 Å². The van der Waals surface area contributed by atoms with Gasteiger partial charge in [0, 0.05) is 48.6 Å². The summed E-state index contributed by atoms with van der Waals surface area (Å²) in [6.07, 6.45) is 8.83. The number of nitrogens with zero attached hydrogens (tertiary/aromatic N) is 2. The minimum Gasteiger partial charge on any atom is -0.456 e. The Balaban J connectivity index is 1.31. The SMILES string of the molecule is C=C/C(=c1\c(=C)oc2c(C(C)(C)C)cccc12)N1c2cc(CC)c(C(C)CC)cc2B2c3sc4cc5c(cc4c3N(c3ccc4c(c3)C(C)(C)CCC4(C)C)c3cc(C)cc1c32)C(C)(C)CCC5(C)C. The van der Waals surface area contributed by atoms with Gasteiger partial charge in [-0.05, 0) is 177 Å². The standard InChI is InChI=1S/C65H75BN2OS/c1-18-38(5)43-35-50-52(32-40(43)19-2)68(51(20-3)56-39(6)69-59-42(56)22-21-23-46(59)61(7,8)9)54-31-37(4)30-53-57(54)66(50)60-58(44-34-48-49(36-55(44)70-60)65(16,17)29-28-64(48,14)15)67(53)41-24-25-45-47(33-41)63(12,13)27-26-62(45,10)11/h20-25,30-36,38H,3,6,18-19,26-29H2,1-2,4-5,7-17H3/b56-51-. The molecule has 5 heteroatoms. The highest BCUT2D eigenvalue weighted by molar-refractivity contribution is 7.33. The first-order chi connectivity index (χ1) is 32.9. The van der Waals surface area contributed by atoms with Gasteiger partial charge in [0.25, 0.3) is 6.71 Å². The third-order valence-electron chi connectivity index (χ3n) is 17.9. The first kappa shape index (κ1) is 47.1. The summed E-state index contributed by atoms with van der Waals surface area (Å²) < 4.78 is 9.63. The molecular formula is C65H75BN2OS.